The average Bonchev–Trinajstić information content (AvgIpc) is 2.75. The maximum atomic E-state index is 12.3. The summed E-state index contributed by atoms with van der Waals surface area (Å²) in [4.78, 5) is 24.3. The molecular weight excluding hydrogens is 416 g/mol. The van der Waals surface area contributed by atoms with E-state index in [9.17, 15) is 9.59 Å². The van der Waals surface area contributed by atoms with E-state index in [0.717, 1.165) is 41.4 Å². The molecule has 0 fully saturated rings. The molecule has 0 N–H and O–H groups in total. The Balaban J connectivity index is 1.92. The van der Waals surface area contributed by atoms with Crippen molar-refractivity contribution in [2.45, 2.75) is 45.4 Å². The van der Waals surface area contributed by atoms with Crippen LogP contribution in [0.2, 0.25) is 0 Å². The second-order valence-corrected chi connectivity index (χ2v) is 9.61. The lowest BCUT2D eigenvalue weighted by Gasteiger charge is -2.13. The minimum Gasteiger partial charge on any atom is -0.465 e. The summed E-state index contributed by atoms with van der Waals surface area (Å²) in [5.74, 6) is 1.36. The Labute approximate surface area is 187 Å². The molecular formula is C24H30O4S2. The third kappa shape index (κ3) is 8.07. The van der Waals surface area contributed by atoms with Gasteiger partial charge in [-0.15, -0.1) is 6.58 Å². The topological polar surface area (TPSA) is 52.6 Å². The number of ether oxygens (including phenoxy) is 2. The van der Waals surface area contributed by atoms with E-state index in [4.69, 9.17) is 9.47 Å². The highest BCUT2D eigenvalue weighted by molar-refractivity contribution is 8.76. The van der Waals surface area contributed by atoms with Gasteiger partial charge in [-0.1, -0.05) is 71.7 Å². The molecule has 0 heterocycles. The van der Waals surface area contributed by atoms with E-state index in [-0.39, 0.29) is 17.9 Å². The number of carbonyl (C=O) groups excluding carboxylic acids is 2. The van der Waals surface area contributed by atoms with Crippen molar-refractivity contribution in [1.82, 2.24) is 0 Å². The standard InChI is InChI=1S/C24H30O4S2/c1-4-6-7-13-27-24(26)18(3)19-8-9-21-17-22(11-10-20(21)16-19)28-23(25)12-15-30-29-14-5-2/h5,8-11,16-18H,2,4,6-7,12-15H2,1,3H3/t18-/m0/s1. The number of rotatable bonds is 13. The summed E-state index contributed by atoms with van der Waals surface area (Å²) in [6, 6.07) is 11.4. The first kappa shape index (κ1) is 24.4. The average molecular weight is 447 g/mol. The Kier molecular flexibility index (Phi) is 10.9. The molecule has 0 aliphatic rings. The predicted octanol–water partition coefficient (Wildman–Crippen LogP) is 6.54. The van der Waals surface area contributed by atoms with Crippen molar-refractivity contribution in [3.05, 3.63) is 54.6 Å². The van der Waals surface area contributed by atoms with E-state index in [1.165, 1.54) is 0 Å². The molecule has 0 amide bonds. The highest BCUT2D eigenvalue weighted by Crippen LogP contribution is 2.27. The lowest BCUT2D eigenvalue weighted by Crippen LogP contribution is -2.14. The smallest absolute Gasteiger partial charge is 0.313 e. The zero-order chi connectivity index (χ0) is 21.8. The molecule has 0 aromatic heterocycles. The van der Waals surface area contributed by atoms with Gasteiger partial charge < -0.3 is 9.47 Å². The summed E-state index contributed by atoms with van der Waals surface area (Å²) in [6.07, 6.45) is 5.28. The Morgan fingerprint density at radius 2 is 1.87 bits per heavy atom. The van der Waals surface area contributed by atoms with Crippen LogP contribution in [-0.2, 0) is 14.3 Å². The van der Waals surface area contributed by atoms with Crippen molar-refractivity contribution >= 4 is 44.3 Å². The minimum atomic E-state index is -0.315. The number of carbonyl (C=O) groups is 2. The number of unbranched alkanes of at least 4 members (excludes halogenated alkanes) is 2. The van der Waals surface area contributed by atoms with Crippen LogP contribution < -0.4 is 4.74 Å². The first-order valence-corrected chi connectivity index (χ1v) is 12.8. The van der Waals surface area contributed by atoms with E-state index in [2.05, 4.69) is 13.5 Å². The summed E-state index contributed by atoms with van der Waals surface area (Å²) in [6.45, 7) is 8.13. The fraction of sp³-hybridized carbons (Fsp3) is 0.417. The second-order valence-electron chi connectivity index (χ2n) is 6.98. The summed E-state index contributed by atoms with van der Waals surface area (Å²) in [5.41, 5.74) is 0.918. The van der Waals surface area contributed by atoms with Gasteiger partial charge in [0.2, 0.25) is 0 Å². The van der Waals surface area contributed by atoms with Gasteiger partial charge in [0, 0.05) is 11.5 Å². The molecule has 2 aromatic rings. The Morgan fingerprint density at radius 3 is 2.63 bits per heavy atom. The fourth-order valence-electron chi connectivity index (χ4n) is 2.82. The van der Waals surface area contributed by atoms with Gasteiger partial charge in [-0.05, 0) is 41.8 Å². The van der Waals surface area contributed by atoms with Crippen molar-refractivity contribution in [1.29, 1.82) is 0 Å². The third-order valence-corrected chi connectivity index (χ3v) is 6.89. The quantitative estimate of drug-likeness (QED) is 0.114. The van der Waals surface area contributed by atoms with Crippen LogP contribution >= 0.6 is 21.6 Å². The highest BCUT2D eigenvalue weighted by Gasteiger charge is 2.17. The predicted molar refractivity (Wildman–Crippen MR) is 128 cm³/mol. The first-order chi connectivity index (χ1) is 14.5. The van der Waals surface area contributed by atoms with Crippen LogP contribution in [0.1, 0.15) is 51.0 Å². The van der Waals surface area contributed by atoms with Crippen LogP contribution in [0.15, 0.2) is 49.1 Å². The molecule has 162 valence electrons. The molecule has 0 saturated carbocycles. The Bertz CT molecular complexity index is 850. The van der Waals surface area contributed by atoms with Gasteiger partial charge >= 0.3 is 11.9 Å². The van der Waals surface area contributed by atoms with Crippen LogP contribution in [0.3, 0.4) is 0 Å². The largest absolute Gasteiger partial charge is 0.465 e. The number of benzene rings is 2. The molecule has 4 nitrogen and oxygen atoms in total. The van der Waals surface area contributed by atoms with Crippen LogP contribution in [0.4, 0.5) is 0 Å². The van der Waals surface area contributed by atoms with E-state index < -0.39 is 0 Å². The lowest BCUT2D eigenvalue weighted by atomic mass is 9.98. The Morgan fingerprint density at radius 1 is 1.10 bits per heavy atom. The number of hydrogen-bond donors (Lipinski definition) is 0. The van der Waals surface area contributed by atoms with Gasteiger partial charge in [-0.2, -0.15) is 0 Å². The monoisotopic (exact) mass is 446 g/mol. The molecule has 2 aromatic carbocycles. The van der Waals surface area contributed by atoms with Gasteiger partial charge in [0.05, 0.1) is 18.9 Å². The molecule has 0 saturated heterocycles. The molecule has 0 aliphatic heterocycles. The summed E-state index contributed by atoms with van der Waals surface area (Å²) in [5, 5.41) is 1.96. The van der Waals surface area contributed by atoms with Gasteiger partial charge in [-0.25, -0.2) is 0 Å². The van der Waals surface area contributed by atoms with Crippen LogP contribution in [0.25, 0.3) is 10.8 Å². The van der Waals surface area contributed by atoms with Crippen LogP contribution in [0.5, 0.6) is 5.75 Å². The summed E-state index contributed by atoms with van der Waals surface area (Å²) >= 11 is 0. The van der Waals surface area contributed by atoms with Crippen molar-refractivity contribution in [2.75, 3.05) is 18.1 Å². The van der Waals surface area contributed by atoms with E-state index >= 15 is 0 Å². The van der Waals surface area contributed by atoms with Gasteiger partial charge in [-0.3, -0.25) is 9.59 Å². The first-order valence-electron chi connectivity index (χ1n) is 10.3. The SMILES string of the molecule is C=CCSSCCC(=O)Oc1ccc2cc([C@H](C)C(=O)OCCCCC)ccc2c1. The molecule has 6 heteroatoms. The highest BCUT2D eigenvalue weighted by atomic mass is 33.1. The molecule has 0 bridgehead atoms. The maximum Gasteiger partial charge on any atom is 0.313 e. The second kappa shape index (κ2) is 13.4. The maximum absolute atomic E-state index is 12.3. The number of fused-ring (bicyclic) bond motifs is 1. The minimum absolute atomic E-state index is 0.194. The number of esters is 2. The normalized spacial score (nSPS) is 11.8. The zero-order valence-corrected chi connectivity index (χ0v) is 19.4. The molecule has 1 atom stereocenters. The van der Waals surface area contributed by atoms with E-state index in [0.29, 0.717) is 24.5 Å². The molecule has 0 aliphatic carbocycles. The van der Waals surface area contributed by atoms with E-state index in [1.54, 1.807) is 27.7 Å². The van der Waals surface area contributed by atoms with Crippen LogP contribution in [-0.4, -0.2) is 30.1 Å². The molecule has 30 heavy (non-hydrogen) atoms. The van der Waals surface area contributed by atoms with Gasteiger partial charge in [0.15, 0.2) is 0 Å². The van der Waals surface area contributed by atoms with Crippen LogP contribution in [0, 0.1) is 0 Å². The molecule has 0 unspecified atom stereocenters. The van der Waals surface area contributed by atoms with Crippen molar-refractivity contribution in [2.24, 2.45) is 0 Å². The molecule has 0 spiro atoms. The van der Waals surface area contributed by atoms with Gasteiger partial charge in [0.1, 0.15) is 5.75 Å². The zero-order valence-electron chi connectivity index (χ0n) is 17.7. The fourth-order valence-corrected chi connectivity index (χ4v) is 4.56. The summed E-state index contributed by atoms with van der Waals surface area (Å²) < 4.78 is 10.8. The number of hydrogen-bond acceptors (Lipinski definition) is 6. The van der Waals surface area contributed by atoms with Crippen molar-refractivity contribution < 1.29 is 19.1 Å². The van der Waals surface area contributed by atoms with Crippen molar-refractivity contribution in [3.8, 4) is 5.75 Å². The molecule has 2 rings (SSSR count). The van der Waals surface area contributed by atoms with Gasteiger partial charge in [0.25, 0.3) is 0 Å². The molecule has 0 radical (unpaired) electrons. The Hall–Kier alpha value is -1.92. The third-order valence-electron chi connectivity index (χ3n) is 4.57. The van der Waals surface area contributed by atoms with E-state index in [1.807, 2.05) is 43.3 Å². The van der Waals surface area contributed by atoms with Crippen molar-refractivity contribution in [3.63, 3.8) is 0 Å². The lowest BCUT2D eigenvalue weighted by molar-refractivity contribution is -0.145. The summed E-state index contributed by atoms with van der Waals surface area (Å²) in [7, 11) is 3.31.